The molecule has 20 heavy (non-hydrogen) atoms. The predicted octanol–water partition coefficient (Wildman–Crippen LogP) is 3.27. The molecule has 1 atom stereocenters. The molecule has 0 saturated carbocycles. The largest absolute Gasteiger partial charge is 0.325 e. The van der Waals surface area contributed by atoms with Crippen molar-refractivity contribution in [3.8, 4) is 0 Å². The average Bonchev–Trinajstić information content (AvgIpc) is 2.44. The summed E-state index contributed by atoms with van der Waals surface area (Å²) in [5.41, 5.74) is 8.87. The summed E-state index contributed by atoms with van der Waals surface area (Å²) in [6.45, 7) is 2.00. The number of nitrogens with one attached hydrogen (secondary N) is 1. The van der Waals surface area contributed by atoms with Gasteiger partial charge in [-0.2, -0.15) is 0 Å². The number of anilines is 1. The van der Waals surface area contributed by atoms with Crippen molar-refractivity contribution in [3.05, 3.63) is 64.1 Å². The second kappa shape index (κ2) is 6.68. The van der Waals surface area contributed by atoms with Gasteiger partial charge in [-0.3, -0.25) is 4.79 Å². The zero-order chi connectivity index (χ0) is 14.5. The van der Waals surface area contributed by atoms with Crippen LogP contribution >= 0.6 is 15.9 Å². The number of amides is 1. The minimum Gasteiger partial charge on any atom is -0.325 e. The molecule has 2 aromatic carbocycles. The Kier molecular flexibility index (Phi) is 4.93. The quantitative estimate of drug-likeness (QED) is 0.902. The highest BCUT2D eigenvalue weighted by Crippen LogP contribution is 2.20. The summed E-state index contributed by atoms with van der Waals surface area (Å²) < 4.78 is 0.965. The maximum atomic E-state index is 12.1. The Labute approximate surface area is 127 Å². The van der Waals surface area contributed by atoms with Crippen molar-refractivity contribution in [3.63, 3.8) is 0 Å². The van der Waals surface area contributed by atoms with E-state index in [1.54, 1.807) is 0 Å². The molecule has 4 heteroatoms. The van der Waals surface area contributed by atoms with E-state index in [0.29, 0.717) is 6.42 Å². The molecule has 2 aromatic rings. The van der Waals surface area contributed by atoms with Gasteiger partial charge in [-0.05, 0) is 36.6 Å². The maximum Gasteiger partial charge on any atom is 0.241 e. The standard InChI is InChI=1S/C16H17BrN2O/c1-11-7-8-13(10-14(11)17)19-16(20)15(18)9-12-5-3-2-4-6-12/h2-8,10,15H,9,18H2,1H3,(H,19,20)/t15-/m1/s1. The van der Waals surface area contributed by atoms with Crippen molar-refractivity contribution < 1.29 is 4.79 Å². The third-order valence-corrected chi connectivity index (χ3v) is 3.93. The molecule has 0 fully saturated rings. The van der Waals surface area contributed by atoms with E-state index in [0.717, 1.165) is 21.3 Å². The van der Waals surface area contributed by atoms with Crippen molar-refractivity contribution in [2.24, 2.45) is 5.73 Å². The maximum absolute atomic E-state index is 12.1. The molecule has 1 amide bonds. The predicted molar refractivity (Wildman–Crippen MR) is 85.6 cm³/mol. The number of benzene rings is 2. The normalized spacial score (nSPS) is 11.9. The van der Waals surface area contributed by atoms with Crippen molar-refractivity contribution in [2.45, 2.75) is 19.4 Å². The van der Waals surface area contributed by atoms with E-state index in [1.165, 1.54) is 0 Å². The van der Waals surface area contributed by atoms with Gasteiger partial charge >= 0.3 is 0 Å². The van der Waals surface area contributed by atoms with Gasteiger partial charge in [0.1, 0.15) is 0 Å². The van der Waals surface area contributed by atoms with Gasteiger partial charge in [0, 0.05) is 10.2 Å². The lowest BCUT2D eigenvalue weighted by Gasteiger charge is -2.13. The lowest BCUT2D eigenvalue weighted by Crippen LogP contribution is -2.37. The van der Waals surface area contributed by atoms with E-state index < -0.39 is 6.04 Å². The number of hydrogen-bond donors (Lipinski definition) is 2. The molecule has 3 nitrogen and oxygen atoms in total. The fourth-order valence-corrected chi connectivity index (χ4v) is 2.25. The van der Waals surface area contributed by atoms with Gasteiger partial charge < -0.3 is 11.1 Å². The Morgan fingerprint density at radius 1 is 1.25 bits per heavy atom. The molecule has 0 aliphatic rings. The first-order valence-electron chi connectivity index (χ1n) is 6.43. The summed E-state index contributed by atoms with van der Waals surface area (Å²) in [5.74, 6) is -0.176. The SMILES string of the molecule is Cc1ccc(NC(=O)[C@H](N)Cc2ccccc2)cc1Br. The number of nitrogens with two attached hydrogens (primary N) is 1. The van der Waals surface area contributed by atoms with Crippen molar-refractivity contribution >= 4 is 27.5 Å². The number of carbonyl (C=O) groups is 1. The van der Waals surface area contributed by atoms with Crippen LogP contribution in [0.5, 0.6) is 0 Å². The third-order valence-electron chi connectivity index (χ3n) is 3.07. The molecule has 2 rings (SSSR count). The van der Waals surface area contributed by atoms with Crippen LogP contribution in [0.25, 0.3) is 0 Å². The molecule has 0 radical (unpaired) electrons. The lowest BCUT2D eigenvalue weighted by molar-refractivity contribution is -0.117. The molecule has 0 saturated heterocycles. The van der Waals surface area contributed by atoms with Gasteiger partial charge in [0.05, 0.1) is 6.04 Å². The topological polar surface area (TPSA) is 55.1 Å². The number of hydrogen-bond acceptors (Lipinski definition) is 2. The Balaban J connectivity index is 1.99. The van der Waals surface area contributed by atoms with Crippen LogP contribution in [0.3, 0.4) is 0 Å². The Bertz CT molecular complexity index is 599. The van der Waals surface area contributed by atoms with Gasteiger partial charge in [-0.1, -0.05) is 52.3 Å². The zero-order valence-corrected chi connectivity index (χ0v) is 12.9. The molecule has 0 aliphatic carbocycles. The van der Waals surface area contributed by atoms with E-state index in [9.17, 15) is 4.79 Å². The van der Waals surface area contributed by atoms with E-state index in [4.69, 9.17) is 5.73 Å². The summed E-state index contributed by atoms with van der Waals surface area (Å²) in [6, 6.07) is 14.9. The van der Waals surface area contributed by atoms with Crippen LogP contribution in [0.15, 0.2) is 53.0 Å². The highest BCUT2D eigenvalue weighted by molar-refractivity contribution is 9.10. The highest BCUT2D eigenvalue weighted by Gasteiger charge is 2.14. The molecule has 0 heterocycles. The monoisotopic (exact) mass is 332 g/mol. The summed E-state index contributed by atoms with van der Waals surface area (Å²) in [4.78, 5) is 12.1. The van der Waals surface area contributed by atoms with Gasteiger partial charge in [0.15, 0.2) is 0 Å². The fraction of sp³-hybridized carbons (Fsp3) is 0.188. The molecule has 0 aromatic heterocycles. The van der Waals surface area contributed by atoms with Gasteiger partial charge in [0.2, 0.25) is 5.91 Å². The van der Waals surface area contributed by atoms with Crippen LogP contribution in [-0.2, 0) is 11.2 Å². The van der Waals surface area contributed by atoms with Crippen LogP contribution < -0.4 is 11.1 Å². The summed E-state index contributed by atoms with van der Waals surface area (Å²) in [6.07, 6.45) is 0.527. The molecule has 0 aliphatic heterocycles. The number of aryl methyl sites for hydroxylation is 1. The lowest BCUT2D eigenvalue weighted by atomic mass is 10.1. The van der Waals surface area contributed by atoms with Crippen LogP contribution in [0.1, 0.15) is 11.1 Å². The molecule has 0 spiro atoms. The van der Waals surface area contributed by atoms with Crippen molar-refractivity contribution in [1.82, 2.24) is 0 Å². The second-order valence-corrected chi connectivity index (χ2v) is 5.60. The van der Waals surface area contributed by atoms with Crippen LogP contribution in [0, 0.1) is 6.92 Å². The first kappa shape index (κ1) is 14.8. The van der Waals surface area contributed by atoms with Crippen molar-refractivity contribution in [2.75, 3.05) is 5.32 Å². The van der Waals surface area contributed by atoms with Crippen LogP contribution in [0.4, 0.5) is 5.69 Å². The molecule has 104 valence electrons. The summed E-state index contributed by atoms with van der Waals surface area (Å²) in [7, 11) is 0. The van der Waals surface area contributed by atoms with E-state index >= 15 is 0 Å². The average molecular weight is 333 g/mol. The van der Waals surface area contributed by atoms with E-state index in [1.807, 2.05) is 55.5 Å². The first-order valence-corrected chi connectivity index (χ1v) is 7.22. The van der Waals surface area contributed by atoms with Gasteiger partial charge in [-0.25, -0.2) is 0 Å². The van der Waals surface area contributed by atoms with Crippen LogP contribution in [0.2, 0.25) is 0 Å². The van der Waals surface area contributed by atoms with E-state index in [2.05, 4.69) is 21.2 Å². The molecule has 0 bridgehead atoms. The van der Waals surface area contributed by atoms with Gasteiger partial charge in [0.25, 0.3) is 0 Å². The smallest absolute Gasteiger partial charge is 0.241 e. The number of carbonyl (C=O) groups excluding carboxylic acids is 1. The third kappa shape index (κ3) is 3.92. The molecule has 3 N–H and O–H groups in total. The zero-order valence-electron chi connectivity index (χ0n) is 11.3. The van der Waals surface area contributed by atoms with E-state index in [-0.39, 0.29) is 5.91 Å². The molecule has 0 unspecified atom stereocenters. The van der Waals surface area contributed by atoms with Crippen LogP contribution in [-0.4, -0.2) is 11.9 Å². The Hall–Kier alpha value is -1.65. The highest BCUT2D eigenvalue weighted by atomic mass is 79.9. The van der Waals surface area contributed by atoms with Crippen molar-refractivity contribution in [1.29, 1.82) is 0 Å². The summed E-state index contributed by atoms with van der Waals surface area (Å²) >= 11 is 3.44. The Morgan fingerprint density at radius 3 is 2.60 bits per heavy atom. The minimum atomic E-state index is -0.558. The number of rotatable bonds is 4. The fourth-order valence-electron chi connectivity index (χ4n) is 1.87. The Morgan fingerprint density at radius 2 is 1.95 bits per heavy atom. The molecular formula is C16H17BrN2O. The number of halogens is 1. The van der Waals surface area contributed by atoms with Gasteiger partial charge in [-0.15, -0.1) is 0 Å². The summed E-state index contributed by atoms with van der Waals surface area (Å²) in [5, 5.41) is 2.84. The molecular weight excluding hydrogens is 316 g/mol. The second-order valence-electron chi connectivity index (χ2n) is 4.75. The first-order chi connectivity index (χ1) is 9.56. The minimum absolute atomic E-state index is 0.176.